The van der Waals surface area contributed by atoms with Crippen LogP contribution in [-0.2, 0) is 0 Å². The van der Waals surface area contributed by atoms with Crippen molar-refractivity contribution < 1.29 is 9.90 Å². The molecule has 0 saturated carbocycles. The second kappa shape index (κ2) is 4.88. The summed E-state index contributed by atoms with van der Waals surface area (Å²) in [4.78, 5) is 11.1. The number of carboxylic acid groups (broad SMARTS) is 1. The molecule has 0 unspecified atom stereocenters. The van der Waals surface area contributed by atoms with Gasteiger partial charge in [-0.2, -0.15) is 0 Å². The minimum atomic E-state index is -1.03. The van der Waals surface area contributed by atoms with E-state index in [4.69, 9.17) is 28.3 Å². The van der Waals surface area contributed by atoms with E-state index in [9.17, 15) is 4.79 Å². The number of benzene rings is 1. The normalized spacial score (nSPS) is 10.5. The van der Waals surface area contributed by atoms with E-state index >= 15 is 0 Å². The van der Waals surface area contributed by atoms with E-state index in [2.05, 4.69) is 22.6 Å². The predicted octanol–water partition coefficient (Wildman–Crippen LogP) is 4.09. The van der Waals surface area contributed by atoms with Gasteiger partial charge in [0.25, 0.3) is 0 Å². The Labute approximate surface area is 121 Å². The Kier molecular flexibility index (Phi) is 3.65. The Hall–Kier alpha value is -0.720. The van der Waals surface area contributed by atoms with Crippen molar-refractivity contribution >= 4 is 51.8 Å². The molecule has 0 aliphatic carbocycles. The number of hydrogen-bond acceptors (Lipinski definition) is 1. The lowest BCUT2D eigenvalue weighted by molar-refractivity contribution is 0.0688. The lowest BCUT2D eigenvalue weighted by Gasteiger charge is -2.08. The first-order chi connectivity index (χ1) is 7.99. The highest BCUT2D eigenvalue weighted by Gasteiger charge is 2.14. The van der Waals surface area contributed by atoms with Gasteiger partial charge in [-0.15, -0.1) is 0 Å². The van der Waals surface area contributed by atoms with E-state index in [1.54, 1.807) is 24.4 Å². The molecule has 0 saturated heterocycles. The molecule has 1 aromatic heterocycles. The van der Waals surface area contributed by atoms with Crippen molar-refractivity contribution in [1.82, 2.24) is 4.57 Å². The van der Waals surface area contributed by atoms with E-state index in [1.807, 2.05) is 0 Å². The van der Waals surface area contributed by atoms with Crippen molar-refractivity contribution in [3.05, 3.63) is 49.8 Å². The maximum Gasteiger partial charge on any atom is 0.352 e. The zero-order valence-corrected chi connectivity index (χ0v) is 12.0. The summed E-state index contributed by atoms with van der Waals surface area (Å²) in [6.07, 6.45) is 1.57. The molecule has 88 valence electrons. The SMILES string of the molecule is O=C(O)c1cc(Cl)cn1-c1ccc(Cl)cc1I. The molecule has 2 aromatic rings. The van der Waals surface area contributed by atoms with Crippen LogP contribution in [0.1, 0.15) is 10.5 Å². The van der Waals surface area contributed by atoms with Gasteiger partial charge in [-0.25, -0.2) is 4.79 Å². The summed E-state index contributed by atoms with van der Waals surface area (Å²) in [5.74, 6) is -1.03. The minimum absolute atomic E-state index is 0.121. The molecule has 0 atom stereocenters. The topological polar surface area (TPSA) is 42.2 Å². The van der Waals surface area contributed by atoms with Crippen molar-refractivity contribution in [1.29, 1.82) is 0 Å². The Balaban J connectivity index is 2.63. The van der Waals surface area contributed by atoms with Crippen LogP contribution in [0.25, 0.3) is 5.69 Å². The first-order valence-corrected chi connectivity index (χ1v) is 6.39. The molecule has 1 heterocycles. The number of rotatable bonds is 2. The van der Waals surface area contributed by atoms with Gasteiger partial charge in [0, 0.05) is 14.8 Å². The summed E-state index contributed by atoms with van der Waals surface area (Å²) in [7, 11) is 0. The molecule has 1 aromatic carbocycles. The minimum Gasteiger partial charge on any atom is -0.477 e. The van der Waals surface area contributed by atoms with Crippen molar-refractivity contribution in [3.8, 4) is 5.69 Å². The summed E-state index contributed by atoms with van der Waals surface area (Å²) >= 11 is 13.8. The molecule has 2 rings (SSSR count). The average Bonchev–Trinajstić information content (AvgIpc) is 2.60. The largest absolute Gasteiger partial charge is 0.477 e. The van der Waals surface area contributed by atoms with Gasteiger partial charge in [-0.05, 0) is 46.9 Å². The molecular formula is C11H6Cl2INO2. The van der Waals surface area contributed by atoms with Crippen molar-refractivity contribution in [2.75, 3.05) is 0 Å². The predicted molar refractivity (Wildman–Crippen MR) is 75.5 cm³/mol. The molecule has 3 nitrogen and oxygen atoms in total. The van der Waals surface area contributed by atoms with Crippen molar-refractivity contribution in [2.45, 2.75) is 0 Å². The van der Waals surface area contributed by atoms with Gasteiger partial charge in [0.15, 0.2) is 0 Å². The van der Waals surface area contributed by atoms with Gasteiger partial charge in [0.05, 0.1) is 10.7 Å². The Morgan fingerprint density at radius 3 is 2.53 bits per heavy atom. The number of nitrogens with zero attached hydrogens (tertiary/aromatic N) is 1. The number of aromatic nitrogens is 1. The highest BCUT2D eigenvalue weighted by molar-refractivity contribution is 14.1. The maximum atomic E-state index is 11.1. The van der Waals surface area contributed by atoms with Crippen LogP contribution in [0, 0.1) is 3.57 Å². The second-order valence-electron chi connectivity index (χ2n) is 3.31. The van der Waals surface area contributed by atoms with Gasteiger partial charge in [0.1, 0.15) is 5.69 Å². The van der Waals surface area contributed by atoms with E-state index in [1.165, 1.54) is 10.6 Å². The molecule has 0 aliphatic heterocycles. The van der Waals surface area contributed by atoms with Crippen LogP contribution in [0.15, 0.2) is 30.5 Å². The standard InChI is InChI=1S/C11H6Cl2INO2/c12-6-1-2-9(8(14)3-6)15-5-7(13)4-10(15)11(16)17/h1-5H,(H,16,17). The second-order valence-corrected chi connectivity index (χ2v) is 5.35. The molecule has 0 amide bonds. The summed E-state index contributed by atoms with van der Waals surface area (Å²) in [6, 6.07) is 6.64. The number of aromatic carboxylic acids is 1. The summed E-state index contributed by atoms with van der Waals surface area (Å²) < 4.78 is 2.38. The van der Waals surface area contributed by atoms with E-state index in [0.717, 1.165) is 9.26 Å². The van der Waals surface area contributed by atoms with E-state index in [-0.39, 0.29) is 5.69 Å². The van der Waals surface area contributed by atoms with Crippen LogP contribution in [0.2, 0.25) is 10.0 Å². The zero-order valence-electron chi connectivity index (χ0n) is 8.32. The van der Waals surface area contributed by atoms with Crippen LogP contribution in [0.5, 0.6) is 0 Å². The van der Waals surface area contributed by atoms with Gasteiger partial charge < -0.3 is 9.67 Å². The van der Waals surface area contributed by atoms with Crippen LogP contribution >= 0.6 is 45.8 Å². The van der Waals surface area contributed by atoms with Gasteiger partial charge in [-0.3, -0.25) is 0 Å². The van der Waals surface area contributed by atoms with Crippen LogP contribution in [-0.4, -0.2) is 15.6 Å². The third kappa shape index (κ3) is 2.59. The summed E-state index contributed by atoms with van der Waals surface area (Å²) in [5.41, 5.74) is 0.856. The van der Waals surface area contributed by atoms with Crippen molar-refractivity contribution in [2.24, 2.45) is 0 Å². The van der Waals surface area contributed by atoms with Crippen LogP contribution in [0.3, 0.4) is 0 Å². The highest BCUT2D eigenvalue weighted by atomic mass is 127. The molecule has 1 N–H and O–H groups in total. The van der Waals surface area contributed by atoms with Gasteiger partial charge >= 0.3 is 5.97 Å². The maximum absolute atomic E-state index is 11.1. The molecule has 6 heteroatoms. The monoisotopic (exact) mass is 381 g/mol. The van der Waals surface area contributed by atoms with Crippen LogP contribution < -0.4 is 0 Å². The first-order valence-electron chi connectivity index (χ1n) is 4.55. The van der Waals surface area contributed by atoms with Crippen LogP contribution in [0.4, 0.5) is 0 Å². The van der Waals surface area contributed by atoms with E-state index < -0.39 is 5.97 Å². The first kappa shape index (κ1) is 12.7. The quantitative estimate of drug-likeness (QED) is 0.796. The van der Waals surface area contributed by atoms with E-state index in [0.29, 0.717) is 10.0 Å². The number of carbonyl (C=O) groups is 1. The third-order valence-corrected chi connectivity index (χ3v) is 3.48. The zero-order chi connectivity index (χ0) is 12.6. The summed E-state index contributed by atoms with van der Waals surface area (Å²) in [5, 5.41) is 10.1. The molecule has 0 bridgehead atoms. The molecule has 0 aliphatic rings. The molecule has 0 spiro atoms. The highest BCUT2D eigenvalue weighted by Crippen LogP contribution is 2.25. The summed E-state index contributed by atoms with van der Waals surface area (Å²) in [6.45, 7) is 0. The Bertz CT molecular complexity index is 595. The number of carboxylic acids is 1. The third-order valence-electron chi connectivity index (χ3n) is 2.17. The average molecular weight is 382 g/mol. The number of halogens is 3. The lowest BCUT2D eigenvalue weighted by atomic mass is 10.3. The fourth-order valence-electron chi connectivity index (χ4n) is 1.47. The fourth-order valence-corrected chi connectivity index (χ4v) is 2.80. The van der Waals surface area contributed by atoms with Gasteiger partial charge in [0.2, 0.25) is 0 Å². The Morgan fingerprint density at radius 1 is 1.24 bits per heavy atom. The van der Waals surface area contributed by atoms with Gasteiger partial charge in [-0.1, -0.05) is 23.2 Å². The molecule has 17 heavy (non-hydrogen) atoms. The fraction of sp³-hybridized carbons (Fsp3) is 0. The lowest BCUT2D eigenvalue weighted by Crippen LogP contribution is -2.06. The smallest absolute Gasteiger partial charge is 0.352 e. The Morgan fingerprint density at radius 2 is 1.94 bits per heavy atom. The van der Waals surface area contributed by atoms with Crippen molar-refractivity contribution in [3.63, 3.8) is 0 Å². The number of hydrogen-bond donors (Lipinski definition) is 1. The molecule has 0 radical (unpaired) electrons. The molecular weight excluding hydrogens is 376 g/mol. The molecule has 0 fully saturated rings.